The van der Waals surface area contributed by atoms with E-state index in [0.717, 1.165) is 22.2 Å². The molecule has 2 heterocycles. The molecule has 0 unspecified atom stereocenters. The Morgan fingerprint density at radius 2 is 1.76 bits per heavy atom. The molecule has 3 aromatic rings. The van der Waals surface area contributed by atoms with Crippen LogP contribution in [0.25, 0.3) is 0 Å². The SMILES string of the molecule is Cc1cc(=O)n2c(n1)SC[C@H](Sc1ccccc1)[C@@H]2c1ccccc1. The fourth-order valence-electron chi connectivity index (χ4n) is 3.14. The fraction of sp³-hybridized carbons (Fsp3) is 0.200. The Morgan fingerprint density at radius 3 is 2.48 bits per heavy atom. The average Bonchev–Trinajstić information content (AvgIpc) is 2.63. The second-order valence-corrected chi connectivity index (χ2v) is 8.32. The van der Waals surface area contributed by atoms with Crippen LogP contribution < -0.4 is 5.56 Å². The summed E-state index contributed by atoms with van der Waals surface area (Å²) in [5.41, 5.74) is 1.97. The largest absolute Gasteiger partial charge is 0.279 e. The van der Waals surface area contributed by atoms with Crippen molar-refractivity contribution in [2.24, 2.45) is 0 Å². The van der Waals surface area contributed by atoms with Crippen molar-refractivity contribution in [1.82, 2.24) is 9.55 Å². The lowest BCUT2D eigenvalue weighted by Gasteiger charge is -2.34. The molecule has 1 aliphatic rings. The molecule has 5 heteroatoms. The first-order chi connectivity index (χ1) is 12.2. The topological polar surface area (TPSA) is 34.9 Å². The van der Waals surface area contributed by atoms with E-state index in [-0.39, 0.29) is 16.9 Å². The fourth-order valence-corrected chi connectivity index (χ4v) is 5.73. The summed E-state index contributed by atoms with van der Waals surface area (Å²) in [5, 5.41) is 1.09. The van der Waals surface area contributed by atoms with Crippen molar-refractivity contribution in [3.05, 3.63) is 88.3 Å². The molecule has 0 fully saturated rings. The van der Waals surface area contributed by atoms with E-state index in [1.54, 1.807) is 17.8 Å². The van der Waals surface area contributed by atoms with Crippen molar-refractivity contribution in [3.8, 4) is 0 Å². The van der Waals surface area contributed by atoms with Gasteiger partial charge in [-0.2, -0.15) is 0 Å². The van der Waals surface area contributed by atoms with Crippen LogP contribution in [0.2, 0.25) is 0 Å². The molecular formula is C20H18N2OS2. The van der Waals surface area contributed by atoms with E-state index in [4.69, 9.17) is 0 Å². The highest BCUT2D eigenvalue weighted by molar-refractivity contribution is 8.03. The van der Waals surface area contributed by atoms with Gasteiger partial charge in [-0.3, -0.25) is 9.36 Å². The minimum Gasteiger partial charge on any atom is -0.279 e. The Hall–Kier alpha value is -1.98. The van der Waals surface area contributed by atoms with Gasteiger partial charge in [0.2, 0.25) is 0 Å². The molecular weight excluding hydrogens is 348 g/mol. The quantitative estimate of drug-likeness (QED) is 0.643. The van der Waals surface area contributed by atoms with Crippen LogP contribution in [0.4, 0.5) is 0 Å². The van der Waals surface area contributed by atoms with Gasteiger partial charge in [0, 0.05) is 27.7 Å². The number of hydrogen-bond acceptors (Lipinski definition) is 4. The molecule has 0 radical (unpaired) electrons. The Bertz CT molecular complexity index is 925. The van der Waals surface area contributed by atoms with Gasteiger partial charge in [0.05, 0.1) is 6.04 Å². The summed E-state index contributed by atoms with van der Waals surface area (Å²) in [7, 11) is 0. The zero-order valence-corrected chi connectivity index (χ0v) is 15.5. The molecule has 2 aromatic carbocycles. The standard InChI is InChI=1S/C20H18N2OS2/c1-14-12-18(23)22-19(15-8-4-2-5-9-15)17(13-24-20(22)21-14)25-16-10-6-3-7-11-16/h2-12,17,19H,13H2,1H3/t17-,19-/m0/s1. The van der Waals surface area contributed by atoms with E-state index >= 15 is 0 Å². The number of aromatic nitrogens is 2. The van der Waals surface area contributed by atoms with Gasteiger partial charge in [0.15, 0.2) is 5.16 Å². The molecule has 25 heavy (non-hydrogen) atoms. The van der Waals surface area contributed by atoms with Gasteiger partial charge >= 0.3 is 0 Å². The number of hydrogen-bond donors (Lipinski definition) is 0. The van der Waals surface area contributed by atoms with Crippen molar-refractivity contribution in [1.29, 1.82) is 0 Å². The van der Waals surface area contributed by atoms with Gasteiger partial charge < -0.3 is 0 Å². The van der Waals surface area contributed by atoms with Crippen LogP contribution in [0.5, 0.6) is 0 Å². The van der Waals surface area contributed by atoms with Gasteiger partial charge in [-0.25, -0.2) is 4.98 Å². The zero-order valence-electron chi connectivity index (χ0n) is 13.8. The number of rotatable bonds is 3. The van der Waals surface area contributed by atoms with Crippen molar-refractivity contribution in [2.45, 2.75) is 28.3 Å². The third kappa shape index (κ3) is 3.39. The number of fused-ring (bicyclic) bond motifs is 1. The number of aryl methyl sites for hydroxylation is 1. The van der Waals surface area contributed by atoms with Crippen LogP contribution in [0.1, 0.15) is 17.3 Å². The molecule has 0 saturated carbocycles. The molecule has 0 bridgehead atoms. The maximum absolute atomic E-state index is 12.8. The third-order valence-electron chi connectivity index (χ3n) is 4.23. The van der Waals surface area contributed by atoms with Gasteiger partial charge in [-0.1, -0.05) is 60.3 Å². The molecule has 0 spiro atoms. The first-order valence-corrected chi connectivity index (χ1v) is 10.1. The predicted molar refractivity (Wildman–Crippen MR) is 105 cm³/mol. The van der Waals surface area contributed by atoms with Crippen molar-refractivity contribution in [2.75, 3.05) is 5.75 Å². The van der Waals surface area contributed by atoms with Crippen molar-refractivity contribution >= 4 is 23.5 Å². The third-order valence-corrected chi connectivity index (χ3v) is 6.78. The number of nitrogens with zero attached hydrogens (tertiary/aromatic N) is 2. The zero-order chi connectivity index (χ0) is 17.2. The highest BCUT2D eigenvalue weighted by Crippen LogP contribution is 2.41. The molecule has 1 aliphatic heterocycles. The lowest BCUT2D eigenvalue weighted by Crippen LogP contribution is -2.38. The number of benzene rings is 2. The first-order valence-electron chi connectivity index (χ1n) is 8.22. The van der Waals surface area contributed by atoms with E-state index in [1.165, 1.54) is 4.90 Å². The Labute approximate surface area is 155 Å². The predicted octanol–water partition coefficient (Wildman–Crippen LogP) is 4.41. The summed E-state index contributed by atoms with van der Waals surface area (Å²) < 4.78 is 1.87. The summed E-state index contributed by atoms with van der Waals surface area (Å²) in [6.45, 7) is 1.88. The molecule has 0 N–H and O–H groups in total. The Balaban J connectivity index is 1.81. The van der Waals surface area contributed by atoms with Crippen LogP contribution in [-0.4, -0.2) is 20.6 Å². The average molecular weight is 367 g/mol. The Kier molecular flexibility index (Phi) is 4.68. The molecule has 4 rings (SSSR count). The summed E-state index contributed by atoms with van der Waals surface area (Å²) in [6.07, 6.45) is 0. The van der Waals surface area contributed by atoms with Crippen LogP contribution in [0.3, 0.4) is 0 Å². The maximum Gasteiger partial charge on any atom is 0.254 e. The van der Waals surface area contributed by atoms with Gasteiger partial charge in [-0.05, 0) is 24.6 Å². The van der Waals surface area contributed by atoms with E-state index in [2.05, 4.69) is 41.4 Å². The van der Waals surface area contributed by atoms with Gasteiger partial charge in [0.1, 0.15) is 0 Å². The van der Waals surface area contributed by atoms with Crippen LogP contribution >= 0.6 is 23.5 Å². The van der Waals surface area contributed by atoms with Gasteiger partial charge in [0.25, 0.3) is 5.56 Å². The summed E-state index contributed by atoms with van der Waals surface area (Å²) in [4.78, 5) is 18.6. The van der Waals surface area contributed by atoms with E-state index in [0.29, 0.717) is 0 Å². The molecule has 126 valence electrons. The van der Waals surface area contributed by atoms with Crippen molar-refractivity contribution < 1.29 is 0 Å². The van der Waals surface area contributed by atoms with Crippen molar-refractivity contribution in [3.63, 3.8) is 0 Å². The molecule has 1 aromatic heterocycles. The Morgan fingerprint density at radius 1 is 1.08 bits per heavy atom. The lowest BCUT2D eigenvalue weighted by atomic mass is 10.0. The molecule has 0 amide bonds. The maximum atomic E-state index is 12.8. The second kappa shape index (κ2) is 7.10. The monoisotopic (exact) mass is 366 g/mol. The summed E-state index contributed by atoms with van der Waals surface area (Å²) >= 11 is 3.51. The van der Waals surface area contributed by atoms with Gasteiger partial charge in [-0.15, -0.1) is 11.8 Å². The smallest absolute Gasteiger partial charge is 0.254 e. The summed E-state index contributed by atoms with van der Waals surface area (Å²) in [5.74, 6) is 0.926. The van der Waals surface area contributed by atoms with Crippen LogP contribution in [0.15, 0.2) is 81.6 Å². The van der Waals surface area contributed by atoms with Crippen LogP contribution in [-0.2, 0) is 0 Å². The minimum atomic E-state index is -0.0109. The minimum absolute atomic E-state index is 0.0109. The molecule has 3 nitrogen and oxygen atoms in total. The highest BCUT2D eigenvalue weighted by atomic mass is 32.2. The normalized spacial score (nSPS) is 19.4. The molecule has 2 atom stereocenters. The van der Waals surface area contributed by atoms with E-state index in [1.807, 2.05) is 47.5 Å². The summed E-state index contributed by atoms with van der Waals surface area (Å²) in [6, 6.07) is 22.3. The van der Waals surface area contributed by atoms with E-state index < -0.39 is 0 Å². The molecule has 0 saturated heterocycles. The number of thioether (sulfide) groups is 2. The van der Waals surface area contributed by atoms with E-state index in [9.17, 15) is 4.79 Å². The van der Waals surface area contributed by atoms with Crippen LogP contribution in [0, 0.1) is 6.92 Å². The molecule has 0 aliphatic carbocycles. The lowest BCUT2D eigenvalue weighted by molar-refractivity contribution is 0.488. The first kappa shape index (κ1) is 16.5. The highest BCUT2D eigenvalue weighted by Gasteiger charge is 2.33. The second-order valence-electron chi connectivity index (χ2n) is 6.02.